The fourth-order valence-corrected chi connectivity index (χ4v) is 3.21. The van der Waals surface area contributed by atoms with E-state index in [0.29, 0.717) is 11.5 Å². The molecule has 0 unspecified atom stereocenters. The number of carbonyl (C=O) groups is 1. The van der Waals surface area contributed by atoms with Crippen LogP contribution in [0.5, 0.6) is 6.08 Å². The minimum Gasteiger partial charge on any atom is -0.388 e. The van der Waals surface area contributed by atoms with Crippen molar-refractivity contribution in [2.75, 3.05) is 5.32 Å². The third-order valence-corrected chi connectivity index (χ3v) is 4.79. The topological polar surface area (TPSA) is 103 Å². The largest absolute Gasteiger partial charge is 0.422 e. The summed E-state index contributed by atoms with van der Waals surface area (Å²) in [5.41, 5.74) is 3.30. The van der Waals surface area contributed by atoms with Crippen molar-refractivity contribution in [1.29, 1.82) is 0 Å². The predicted octanol–water partition coefficient (Wildman–Crippen LogP) is 2.42. The molecule has 136 valence electrons. The Morgan fingerprint density at radius 1 is 1.07 bits per heavy atom. The van der Waals surface area contributed by atoms with E-state index in [1.165, 1.54) is 11.1 Å². The number of benzene rings is 1. The van der Waals surface area contributed by atoms with E-state index < -0.39 is 0 Å². The molecule has 0 amide bonds. The summed E-state index contributed by atoms with van der Waals surface area (Å²) in [6.45, 7) is 0. The van der Waals surface area contributed by atoms with Crippen molar-refractivity contribution in [2.45, 2.75) is 31.7 Å². The standard InChI is InChI=1S/C19H17N5O3/c25-17(11-5-6-11)27-19-24-23-16(26-19)14-9-20-18(21-10-14)22-15-7-12-3-1-2-4-13(12)8-15/h1-4,9-11,15H,5-8H2,(H,20,21,22). The molecule has 1 aromatic carbocycles. The molecule has 5 rings (SSSR count). The molecule has 0 bridgehead atoms. The average Bonchev–Trinajstić information content (AvgIpc) is 3.31. The lowest BCUT2D eigenvalue weighted by Gasteiger charge is -2.11. The summed E-state index contributed by atoms with van der Waals surface area (Å²) in [5, 5.41) is 11.0. The number of nitrogens with zero attached hydrogens (tertiary/aromatic N) is 4. The van der Waals surface area contributed by atoms with Crippen molar-refractivity contribution in [3.05, 3.63) is 47.8 Å². The van der Waals surface area contributed by atoms with Crippen LogP contribution in [0.2, 0.25) is 0 Å². The molecule has 2 aliphatic rings. The fourth-order valence-electron chi connectivity index (χ4n) is 3.21. The Labute approximate surface area is 155 Å². The van der Waals surface area contributed by atoms with E-state index in [4.69, 9.17) is 9.15 Å². The molecule has 8 heteroatoms. The third-order valence-electron chi connectivity index (χ3n) is 4.79. The Bertz CT molecular complexity index is 956. The summed E-state index contributed by atoms with van der Waals surface area (Å²) in [5.74, 6) is 0.416. The first-order valence-electron chi connectivity index (χ1n) is 8.95. The van der Waals surface area contributed by atoms with Gasteiger partial charge in [-0.1, -0.05) is 29.4 Å². The molecule has 0 spiro atoms. The number of hydrogen-bond donors (Lipinski definition) is 1. The molecule has 1 saturated carbocycles. The smallest absolute Gasteiger partial charge is 0.388 e. The number of nitrogens with one attached hydrogen (secondary N) is 1. The van der Waals surface area contributed by atoms with Crippen LogP contribution in [-0.2, 0) is 17.6 Å². The zero-order valence-electron chi connectivity index (χ0n) is 14.5. The summed E-state index contributed by atoms with van der Waals surface area (Å²) in [4.78, 5) is 20.3. The molecule has 1 N–H and O–H groups in total. The number of hydrogen-bond acceptors (Lipinski definition) is 8. The molecule has 0 aliphatic heterocycles. The maximum Gasteiger partial charge on any atom is 0.422 e. The summed E-state index contributed by atoms with van der Waals surface area (Å²) < 4.78 is 10.4. The number of ether oxygens (including phenoxy) is 1. The van der Waals surface area contributed by atoms with Gasteiger partial charge in [0.25, 0.3) is 5.89 Å². The minimum atomic E-state index is -0.321. The van der Waals surface area contributed by atoms with Crippen LogP contribution in [0.1, 0.15) is 24.0 Å². The van der Waals surface area contributed by atoms with Gasteiger partial charge in [-0.15, -0.1) is 5.10 Å². The van der Waals surface area contributed by atoms with E-state index in [2.05, 4.69) is 49.7 Å². The van der Waals surface area contributed by atoms with Gasteiger partial charge in [-0.25, -0.2) is 9.97 Å². The van der Waals surface area contributed by atoms with Crippen molar-refractivity contribution in [3.8, 4) is 17.5 Å². The monoisotopic (exact) mass is 363 g/mol. The van der Waals surface area contributed by atoms with E-state index in [9.17, 15) is 4.79 Å². The maximum absolute atomic E-state index is 11.6. The Balaban J connectivity index is 1.23. The molecule has 8 nitrogen and oxygen atoms in total. The summed E-state index contributed by atoms with van der Waals surface area (Å²) in [6, 6.07) is 8.72. The Hall–Kier alpha value is -3.29. The molecular formula is C19H17N5O3. The maximum atomic E-state index is 11.6. The van der Waals surface area contributed by atoms with Gasteiger partial charge >= 0.3 is 12.0 Å². The van der Waals surface area contributed by atoms with E-state index in [0.717, 1.165) is 25.7 Å². The molecule has 0 radical (unpaired) electrons. The Morgan fingerprint density at radius 3 is 2.44 bits per heavy atom. The van der Waals surface area contributed by atoms with Crippen LogP contribution in [-0.4, -0.2) is 32.2 Å². The molecule has 3 aromatic rings. The zero-order valence-corrected chi connectivity index (χ0v) is 14.5. The van der Waals surface area contributed by atoms with Crippen molar-refractivity contribution >= 4 is 11.9 Å². The van der Waals surface area contributed by atoms with Gasteiger partial charge in [-0.2, -0.15) is 0 Å². The fraction of sp³-hybridized carbons (Fsp3) is 0.316. The van der Waals surface area contributed by atoms with Crippen LogP contribution in [0.15, 0.2) is 41.1 Å². The van der Waals surface area contributed by atoms with Crippen LogP contribution < -0.4 is 10.1 Å². The first kappa shape index (κ1) is 15.9. The van der Waals surface area contributed by atoms with Crippen molar-refractivity contribution < 1.29 is 13.9 Å². The SMILES string of the molecule is O=C(Oc1nnc(-c2cnc(NC3Cc4ccccc4C3)nc2)o1)C1CC1. The second-order valence-corrected chi connectivity index (χ2v) is 6.88. The zero-order chi connectivity index (χ0) is 18.2. The van der Waals surface area contributed by atoms with E-state index in [-0.39, 0.29) is 29.9 Å². The quantitative estimate of drug-likeness (QED) is 0.690. The Kier molecular flexibility index (Phi) is 3.81. The first-order chi connectivity index (χ1) is 13.2. The highest BCUT2D eigenvalue weighted by Crippen LogP contribution is 2.31. The number of esters is 1. The molecule has 0 saturated heterocycles. The van der Waals surface area contributed by atoms with Crippen molar-refractivity contribution in [3.63, 3.8) is 0 Å². The van der Waals surface area contributed by atoms with Crippen LogP contribution in [0.3, 0.4) is 0 Å². The lowest BCUT2D eigenvalue weighted by molar-refractivity contribution is -0.137. The highest BCUT2D eigenvalue weighted by molar-refractivity contribution is 5.76. The molecule has 0 atom stereocenters. The van der Waals surface area contributed by atoms with Gasteiger partial charge in [0, 0.05) is 18.4 Å². The minimum absolute atomic E-state index is 0.0317. The Morgan fingerprint density at radius 2 is 1.78 bits per heavy atom. The molecule has 2 aromatic heterocycles. The average molecular weight is 363 g/mol. The molecule has 27 heavy (non-hydrogen) atoms. The van der Waals surface area contributed by atoms with Gasteiger partial charge in [0.2, 0.25) is 5.95 Å². The van der Waals surface area contributed by atoms with Gasteiger partial charge < -0.3 is 14.5 Å². The number of fused-ring (bicyclic) bond motifs is 1. The van der Waals surface area contributed by atoms with Crippen molar-refractivity contribution in [2.24, 2.45) is 5.92 Å². The lowest BCUT2D eigenvalue weighted by Crippen LogP contribution is -2.20. The van der Waals surface area contributed by atoms with Gasteiger partial charge in [-0.3, -0.25) is 4.79 Å². The van der Waals surface area contributed by atoms with E-state index in [1.54, 1.807) is 12.4 Å². The van der Waals surface area contributed by atoms with Gasteiger partial charge in [0.05, 0.1) is 11.5 Å². The van der Waals surface area contributed by atoms with Gasteiger partial charge in [-0.05, 0) is 36.8 Å². The number of rotatable bonds is 5. The first-order valence-corrected chi connectivity index (χ1v) is 8.95. The molecular weight excluding hydrogens is 346 g/mol. The van der Waals surface area contributed by atoms with E-state index >= 15 is 0 Å². The van der Waals surface area contributed by atoms with Gasteiger partial charge in [0.15, 0.2) is 0 Å². The van der Waals surface area contributed by atoms with Crippen LogP contribution >= 0.6 is 0 Å². The van der Waals surface area contributed by atoms with Crippen LogP contribution in [0.25, 0.3) is 11.5 Å². The highest BCUT2D eigenvalue weighted by atomic mass is 16.6. The summed E-state index contributed by atoms with van der Waals surface area (Å²) >= 11 is 0. The van der Waals surface area contributed by atoms with Crippen LogP contribution in [0.4, 0.5) is 5.95 Å². The molecule has 2 aliphatic carbocycles. The predicted molar refractivity (Wildman–Crippen MR) is 94.9 cm³/mol. The van der Waals surface area contributed by atoms with Crippen LogP contribution in [0, 0.1) is 5.92 Å². The van der Waals surface area contributed by atoms with E-state index in [1.807, 2.05) is 0 Å². The third kappa shape index (κ3) is 3.38. The molecule has 2 heterocycles. The number of anilines is 1. The summed E-state index contributed by atoms with van der Waals surface area (Å²) in [6.07, 6.45) is 6.70. The van der Waals surface area contributed by atoms with Crippen molar-refractivity contribution in [1.82, 2.24) is 20.2 Å². The number of aromatic nitrogens is 4. The summed E-state index contributed by atoms with van der Waals surface area (Å²) in [7, 11) is 0. The second-order valence-electron chi connectivity index (χ2n) is 6.88. The second kappa shape index (κ2) is 6.46. The number of carbonyl (C=O) groups excluding carboxylic acids is 1. The van der Waals surface area contributed by atoms with Gasteiger partial charge in [0.1, 0.15) is 0 Å². The molecule has 1 fully saturated rings. The lowest BCUT2D eigenvalue weighted by atomic mass is 10.1. The highest BCUT2D eigenvalue weighted by Gasteiger charge is 2.33. The normalized spacial score (nSPS) is 16.1.